The Morgan fingerprint density at radius 2 is 2.33 bits per heavy atom. The molecule has 0 saturated heterocycles. The monoisotopic (exact) mass is 140 g/mol. The summed E-state index contributed by atoms with van der Waals surface area (Å²) in [6.45, 7) is 1.92. The summed E-state index contributed by atoms with van der Waals surface area (Å²) in [7, 11) is 0. The lowest BCUT2D eigenvalue weighted by Gasteiger charge is -1.95. The van der Waals surface area contributed by atoms with Crippen LogP contribution in [0.4, 0.5) is 5.69 Å². The van der Waals surface area contributed by atoms with E-state index in [0.29, 0.717) is 10.7 Å². The standard InChI is InChI=1S/C7H7ClN/c1-5-2-3-7(9)6(8)4-5/h3-4H,9H2,1H3. The van der Waals surface area contributed by atoms with Crippen LogP contribution in [0.3, 0.4) is 0 Å². The molecule has 0 atom stereocenters. The summed E-state index contributed by atoms with van der Waals surface area (Å²) in [5, 5.41) is 0.603. The Hall–Kier alpha value is -0.690. The highest BCUT2D eigenvalue weighted by Gasteiger charge is 1.92. The molecule has 47 valence electrons. The van der Waals surface area contributed by atoms with Crippen LogP contribution in [0.25, 0.3) is 0 Å². The number of nitrogens with two attached hydrogens (primary N) is 1. The predicted octanol–water partition coefficient (Wildman–Crippen LogP) is 2.03. The summed E-state index contributed by atoms with van der Waals surface area (Å²) in [5.74, 6) is 0. The summed E-state index contributed by atoms with van der Waals surface area (Å²) in [4.78, 5) is 0. The van der Waals surface area contributed by atoms with E-state index in [1.807, 2.05) is 6.92 Å². The Labute approximate surface area is 59.4 Å². The maximum atomic E-state index is 5.67. The van der Waals surface area contributed by atoms with E-state index in [1.165, 1.54) is 0 Å². The van der Waals surface area contributed by atoms with Crippen molar-refractivity contribution in [3.05, 3.63) is 28.8 Å². The lowest BCUT2D eigenvalue weighted by atomic mass is 10.2. The molecule has 2 heteroatoms. The van der Waals surface area contributed by atoms with E-state index in [2.05, 4.69) is 6.07 Å². The highest BCUT2D eigenvalue weighted by molar-refractivity contribution is 6.33. The van der Waals surface area contributed by atoms with Crippen LogP contribution in [0.1, 0.15) is 5.56 Å². The van der Waals surface area contributed by atoms with Crippen molar-refractivity contribution in [2.45, 2.75) is 6.92 Å². The Kier molecular flexibility index (Phi) is 1.63. The number of rotatable bonds is 0. The number of anilines is 1. The van der Waals surface area contributed by atoms with E-state index >= 15 is 0 Å². The van der Waals surface area contributed by atoms with Gasteiger partial charge in [0.2, 0.25) is 0 Å². The minimum atomic E-state index is 0.585. The minimum Gasteiger partial charge on any atom is -0.398 e. The molecule has 0 bridgehead atoms. The quantitative estimate of drug-likeness (QED) is 0.549. The van der Waals surface area contributed by atoms with Gasteiger partial charge in [0.25, 0.3) is 0 Å². The molecule has 1 nitrogen and oxygen atoms in total. The summed E-state index contributed by atoms with van der Waals surface area (Å²) >= 11 is 5.67. The van der Waals surface area contributed by atoms with Gasteiger partial charge < -0.3 is 5.73 Å². The van der Waals surface area contributed by atoms with Crippen molar-refractivity contribution in [1.82, 2.24) is 0 Å². The molecule has 1 radical (unpaired) electrons. The van der Waals surface area contributed by atoms with E-state index in [-0.39, 0.29) is 0 Å². The van der Waals surface area contributed by atoms with Crippen LogP contribution in [0.5, 0.6) is 0 Å². The molecule has 1 aromatic rings. The molecule has 0 heterocycles. The first-order chi connectivity index (χ1) is 4.20. The van der Waals surface area contributed by atoms with Crippen LogP contribution in [0.2, 0.25) is 5.02 Å². The number of benzene rings is 1. The van der Waals surface area contributed by atoms with Gasteiger partial charge in [-0.15, -0.1) is 0 Å². The van der Waals surface area contributed by atoms with E-state index < -0.39 is 0 Å². The van der Waals surface area contributed by atoms with Gasteiger partial charge in [0.05, 0.1) is 10.7 Å². The van der Waals surface area contributed by atoms with Crippen molar-refractivity contribution in [3.63, 3.8) is 0 Å². The molecule has 0 aliphatic rings. The van der Waals surface area contributed by atoms with Gasteiger partial charge in [-0.1, -0.05) is 11.6 Å². The fourth-order valence-electron chi connectivity index (χ4n) is 0.576. The molecule has 0 aliphatic heterocycles. The predicted molar refractivity (Wildman–Crippen MR) is 39.4 cm³/mol. The topological polar surface area (TPSA) is 26.0 Å². The van der Waals surface area contributed by atoms with Gasteiger partial charge in [0.15, 0.2) is 0 Å². The summed E-state index contributed by atoms with van der Waals surface area (Å²) in [6, 6.07) is 6.40. The van der Waals surface area contributed by atoms with Gasteiger partial charge in [-0.2, -0.15) is 0 Å². The highest BCUT2D eigenvalue weighted by Crippen LogP contribution is 2.18. The molecule has 0 saturated carbocycles. The molecular formula is C7H7ClN. The molecular weight excluding hydrogens is 134 g/mol. The van der Waals surface area contributed by atoms with Crippen molar-refractivity contribution >= 4 is 17.3 Å². The molecule has 0 aliphatic carbocycles. The molecule has 0 aromatic heterocycles. The highest BCUT2D eigenvalue weighted by atomic mass is 35.5. The van der Waals surface area contributed by atoms with Gasteiger partial charge in [-0.25, -0.2) is 0 Å². The molecule has 0 fully saturated rings. The second kappa shape index (κ2) is 2.28. The largest absolute Gasteiger partial charge is 0.398 e. The third kappa shape index (κ3) is 1.36. The first-order valence-corrected chi connectivity index (χ1v) is 3.01. The second-order valence-corrected chi connectivity index (χ2v) is 2.33. The summed E-state index contributed by atoms with van der Waals surface area (Å²) in [6.07, 6.45) is 0. The average molecular weight is 141 g/mol. The zero-order valence-electron chi connectivity index (χ0n) is 5.11. The van der Waals surface area contributed by atoms with E-state index in [9.17, 15) is 0 Å². The zero-order chi connectivity index (χ0) is 6.85. The van der Waals surface area contributed by atoms with Crippen LogP contribution in [-0.2, 0) is 0 Å². The fourth-order valence-corrected chi connectivity index (χ4v) is 0.794. The third-order valence-electron chi connectivity index (χ3n) is 1.07. The van der Waals surface area contributed by atoms with Crippen molar-refractivity contribution in [1.29, 1.82) is 0 Å². The van der Waals surface area contributed by atoms with Gasteiger partial charge in [0.1, 0.15) is 0 Å². The normalized spacial score (nSPS) is 9.56. The van der Waals surface area contributed by atoms with Crippen LogP contribution in [-0.4, -0.2) is 0 Å². The number of aryl methyl sites for hydroxylation is 1. The van der Waals surface area contributed by atoms with Crippen molar-refractivity contribution in [2.24, 2.45) is 0 Å². The number of nitrogen functional groups attached to an aromatic ring is 1. The van der Waals surface area contributed by atoms with E-state index in [0.717, 1.165) is 5.56 Å². The Bertz CT molecular complexity index is 220. The maximum absolute atomic E-state index is 5.67. The third-order valence-corrected chi connectivity index (χ3v) is 1.40. The van der Waals surface area contributed by atoms with Crippen LogP contribution < -0.4 is 5.73 Å². The lowest BCUT2D eigenvalue weighted by Crippen LogP contribution is -1.85. The molecule has 0 unspecified atom stereocenters. The number of halogens is 1. The zero-order valence-corrected chi connectivity index (χ0v) is 5.87. The van der Waals surface area contributed by atoms with Crippen LogP contribution in [0, 0.1) is 13.0 Å². The number of hydrogen-bond acceptors (Lipinski definition) is 1. The van der Waals surface area contributed by atoms with Crippen molar-refractivity contribution in [2.75, 3.05) is 5.73 Å². The maximum Gasteiger partial charge on any atom is 0.0638 e. The first-order valence-electron chi connectivity index (χ1n) is 2.63. The Balaban J connectivity index is 3.17. The smallest absolute Gasteiger partial charge is 0.0638 e. The second-order valence-electron chi connectivity index (χ2n) is 1.92. The Morgan fingerprint density at radius 3 is 2.78 bits per heavy atom. The molecule has 0 spiro atoms. The molecule has 0 amide bonds. The average Bonchev–Trinajstić information content (AvgIpc) is 1.80. The summed E-state index contributed by atoms with van der Waals surface area (Å²) < 4.78 is 0. The minimum absolute atomic E-state index is 0.585. The fraction of sp³-hybridized carbons (Fsp3) is 0.143. The Morgan fingerprint density at radius 1 is 1.67 bits per heavy atom. The van der Waals surface area contributed by atoms with Gasteiger partial charge in [0, 0.05) is 0 Å². The molecule has 1 rings (SSSR count). The molecule has 1 aromatic carbocycles. The molecule has 2 N–H and O–H groups in total. The van der Waals surface area contributed by atoms with Crippen molar-refractivity contribution in [3.8, 4) is 0 Å². The molecule has 9 heavy (non-hydrogen) atoms. The van der Waals surface area contributed by atoms with Gasteiger partial charge >= 0.3 is 0 Å². The number of hydrogen-bond donors (Lipinski definition) is 1. The van der Waals surface area contributed by atoms with Crippen molar-refractivity contribution < 1.29 is 0 Å². The van der Waals surface area contributed by atoms with E-state index in [1.54, 1.807) is 12.1 Å². The van der Waals surface area contributed by atoms with Crippen LogP contribution in [0.15, 0.2) is 12.1 Å². The first kappa shape index (κ1) is 6.43. The SMILES string of the molecule is Cc1[c]cc(N)c(Cl)c1. The van der Waals surface area contributed by atoms with Gasteiger partial charge in [-0.3, -0.25) is 0 Å². The lowest BCUT2D eigenvalue weighted by molar-refractivity contribution is 1.46. The summed E-state index contributed by atoms with van der Waals surface area (Å²) in [5.41, 5.74) is 7.02. The van der Waals surface area contributed by atoms with E-state index in [4.69, 9.17) is 17.3 Å². The van der Waals surface area contributed by atoms with Gasteiger partial charge in [-0.05, 0) is 30.7 Å². The van der Waals surface area contributed by atoms with Crippen LogP contribution >= 0.6 is 11.6 Å².